The van der Waals surface area contributed by atoms with Gasteiger partial charge in [0.05, 0.1) is 5.69 Å². The van der Waals surface area contributed by atoms with E-state index in [1.807, 2.05) is 30.0 Å². The summed E-state index contributed by atoms with van der Waals surface area (Å²) in [5.41, 5.74) is 2.03. The molecule has 0 unspecified atom stereocenters. The minimum atomic E-state index is 0.0329. The van der Waals surface area contributed by atoms with Crippen molar-refractivity contribution in [2.45, 2.75) is 19.8 Å². The smallest absolute Gasteiger partial charge is 0.265 e. The first kappa shape index (κ1) is 12.9. The van der Waals surface area contributed by atoms with Gasteiger partial charge in [-0.05, 0) is 37.5 Å². The lowest BCUT2D eigenvalue weighted by atomic mass is 10.1. The summed E-state index contributed by atoms with van der Waals surface area (Å²) in [6.45, 7) is 3.62. The molecule has 0 atom stereocenters. The summed E-state index contributed by atoms with van der Waals surface area (Å²) in [5, 5.41) is 0. The minimum absolute atomic E-state index is 0.0329. The van der Waals surface area contributed by atoms with Gasteiger partial charge in [-0.2, -0.15) is 0 Å². The van der Waals surface area contributed by atoms with Crippen LogP contribution in [0.2, 0.25) is 0 Å². The van der Waals surface area contributed by atoms with Crippen LogP contribution in [0.3, 0.4) is 0 Å². The van der Waals surface area contributed by atoms with Crippen molar-refractivity contribution in [1.29, 1.82) is 0 Å². The van der Waals surface area contributed by atoms with Crippen LogP contribution in [0.5, 0.6) is 5.75 Å². The highest BCUT2D eigenvalue weighted by atomic mass is 16.5. The maximum Gasteiger partial charge on any atom is 0.265 e. The van der Waals surface area contributed by atoms with Crippen molar-refractivity contribution in [2.75, 3.05) is 31.8 Å². The van der Waals surface area contributed by atoms with Gasteiger partial charge in [-0.25, -0.2) is 0 Å². The Hall–Kier alpha value is -1.55. The fourth-order valence-electron chi connectivity index (χ4n) is 2.07. The lowest BCUT2D eigenvalue weighted by Gasteiger charge is -2.29. The Labute approximate surface area is 107 Å². The molecule has 0 aliphatic carbocycles. The van der Waals surface area contributed by atoms with Crippen LogP contribution in [0.4, 0.5) is 5.69 Å². The summed E-state index contributed by atoms with van der Waals surface area (Å²) >= 11 is 0. The van der Waals surface area contributed by atoms with Crippen LogP contribution in [0.25, 0.3) is 0 Å². The monoisotopic (exact) mass is 249 g/mol. The van der Waals surface area contributed by atoms with Crippen LogP contribution < -0.4 is 9.64 Å². The van der Waals surface area contributed by atoms with E-state index in [1.165, 1.54) is 0 Å². The first-order valence-corrected chi connectivity index (χ1v) is 6.25. The van der Waals surface area contributed by atoms with Gasteiger partial charge in [0.15, 0.2) is 6.61 Å². The number of aryl methyl sites for hydroxylation is 1. The van der Waals surface area contributed by atoms with E-state index in [0.29, 0.717) is 0 Å². The van der Waals surface area contributed by atoms with Crippen molar-refractivity contribution >= 4 is 11.6 Å². The number of ether oxygens (including phenoxy) is 2. The van der Waals surface area contributed by atoms with Crippen molar-refractivity contribution in [3.05, 3.63) is 23.8 Å². The zero-order valence-corrected chi connectivity index (χ0v) is 10.9. The molecule has 1 heterocycles. The maximum absolute atomic E-state index is 11.9. The van der Waals surface area contributed by atoms with Gasteiger partial charge >= 0.3 is 0 Å². The Balaban J connectivity index is 2.09. The Morgan fingerprint density at radius 1 is 1.39 bits per heavy atom. The normalized spacial score (nSPS) is 14.3. The molecule has 0 saturated heterocycles. The Morgan fingerprint density at radius 2 is 2.22 bits per heavy atom. The fourth-order valence-corrected chi connectivity index (χ4v) is 2.07. The fraction of sp³-hybridized carbons (Fsp3) is 0.500. The first-order chi connectivity index (χ1) is 8.72. The molecule has 0 N–H and O–H groups in total. The number of rotatable bonds is 5. The molecule has 1 amide bonds. The molecule has 1 aliphatic rings. The van der Waals surface area contributed by atoms with Gasteiger partial charge in [-0.3, -0.25) is 4.79 Å². The Morgan fingerprint density at radius 3 is 3.00 bits per heavy atom. The van der Waals surface area contributed by atoms with E-state index in [0.717, 1.165) is 43.0 Å². The third-order valence-corrected chi connectivity index (χ3v) is 3.04. The molecular formula is C14H19NO3. The quantitative estimate of drug-likeness (QED) is 0.750. The first-order valence-electron chi connectivity index (χ1n) is 6.25. The minimum Gasteiger partial charge on any atom is -0.482 e. The highest BCUT2D eigenvalue weighted by Crippen LogP contribution is 2.32. The highest BCUT2D eigenvalue weighted by molar-refractivity contribution is 5.97. The molecular weight excluding hydrogens is 230 g/mol. The van der Waals surface area contributed by atoms with E-state index < -0.39 is 0 Å². The molecule has 1 aromatic carbocycles. The molecule has 18 heavy (non-hydrogen) atoms. The molecule has 4 nitrogen and oxygen atoms in total. The lowest BCUT2D eigenvalue weighted by Crippen LogP contribution is -2.39. The van der Waals surface area contributed by atoms with Crippen LogP contribution in [0, 0.1) is 6.92 Å². The average Bonchev–Trinajstić information content (AvgIpc) is 2.36. The second kappa shape index (κ2) is 5.87. The standard InChI is InChI=1S/C14H19NO3/c1-11-5-6-13-12(9-11)15(14(16)10-18-13)7-3-4-8-17-2/h5-6,9H,3-4,7-8,10H2,1-2H3. The number of hydrogen-bond donors (Lipinski definition) is 0. The van der Waals surface area contributed by atoms with Crippen molar-refractivity contribution in [3.8, 4) is 5.75 Å². The molecule has 2 rings (SSSR count). The molecule has 0 radical (unpaired) electrons. The number of hydrogen-bond acceptors (Lipinski definition) is 3. The van der Waals surface area contributed by atoms with Gasteiger partial charge < -0.3 is 14.4 Å². The summed E-state index contributed by atoms with van der Waals surface area (Å²) in [6, 6.07) is 5.93. The number of unbranched alkanes of at least 4 members (excludes halogenated alkanes) is 1. The number of methoxy groups -OCH3 is 1. The van der Waals surface area contributed by atoms with E-state index in [4.69, 9.17) is 9.47 Å². The molecule has 98 valence electrons. The van der Waals surface area contributed by atoms with E-state index in [-0.39, 0.29) is 12.5 Å². The molecule has 0 spiro atoms. The largest absolute Gasteiger partial charge is 0.482 e. The molecule has 1 aliphatic heterocycles. The van der Waals surface area contributed by atoms with Crippen LogP contribution in [-0.2, 0) is 9.53 Å². The Kier molecular flexibility index (Phi) is 4.20. The SMILES string of the molecule is COCCCCN1C(=O)COc2ccc(C)cc21. The summed E-state index contributed by atoms with van der Waals surface area (Å²) in [5.74, 6) is 0.831. The second-order valence-electron chi connectivity index (χ2n) is 4.51. The van der Waals surface area contributed by atoms with Crippen LogP contribution in [0.1, 0.15) is 18.4 Å². The van der Waals surface area contributed by atoms with Crippen molar-refractivity contribution in [2.24, 2.45) is 0 Å². The third-order valence-electron chi connectivity index (χ3n) is 3.04. The molecule has 1 aromatic rings. The Bertz CT molecular complexity index is 431. The van der Waals surface area contributed by atoms with Crippen molar-refractivity contribution < 1.29 is 14.3 Å². The van der Waals surface area contributed by atoms with Gasteiger partial charge in [0.25, 0.3) is 5.91 Å². The number of carbonyl (C=O) groups excluding carboxylic acids is 1. The number of amides is 1. The van der Waals surface area contributed by atoms with Gasteiger partial charge in [0.1, 0.15) is 5.75 Å². The van der Waals surface area contributed by atoms with Gasteiger partial charge in [0.2, 0.25) is 0 Å². The zero-order chi connectivity index (χ0) is 13.0. The average molecular weight is 249 g/mol. The third kappa shape index (κ3) is 2.82. The van der Waals surface area contributed by atoms with E-state index in [2.05, 4.69) is 0 Å². The summed E-state index contributed by atoms with van der Waals surface area (Å²) in [4.78, 5) is 13.7. The van der Waals surface area contributed by atoms with E-state index >= 15 is 0 Å². The molecule has 4 heteroatoms. The van der Waals surface area contributed by atoms with Crippen LogP contribution in [0.15, 0.2) is 18.2 Å². The van der Waals surface area contributed by atoms with E-state index in [9.17, 15) is 4.79 Å². The zero-order valence-electron chi connectivity index (χ0n) is 10.9. The predicted octanol–water partition coefficient (Wildman–Crippen LogP) is 2.15. The lowest BCUT2D eigenvalue weighted by molar-refractivity contribution is -0.121. The highest BCUT2D eigenvalue weighted by Gasteiger charge is 2.24. The maximum atomic E-state index is 11.9. The predicted molar refractivity (Wildman–Crippen MR) is 70.1 cm³/mol. The summed E-state index contributed by atoms with van der Waals surface area (Å²) in [6.07, 6.45) is 1.90. The summed E-state index contributed by atoms with van der Waals surface area (Å²) < 4.78 is 10.5. The number of nitrogens with zero attached hydrogens (tertiary/aromatic N) is 1. The number of anilines is 1. The second-order valence-corrected chi connectivity index (χ2v) is 4.51. The molecule has 0 saturated carbocycles. The van der Waals surface area contributed by atoms with Gasteiger partial charge in [-0.1, -0.05) is 6.07 Å². The number of carbonyl (C=O) groups is 1. The topological polar surface area (TPSA) is 38.8 Å². The van der Waals surface area contributed by atoms with Crippen molar-refractivity contribution in [3.63, 3.8) is 0 Å². The van der Waals surface area contributed by atoms with Crippen LogP contribution >= 0.6 is 0 Å². The van der Waals surface area contributed by atoms with E-state index in [1.54, 1.807) is 7.11 Å². The van der Waals surface area contributed by atoms with Crippen molar-refractivity contribution in [1.82, 2.24) is 0 Å². The molecule has 0 bridgehead atoms. The van der Waals surface area contributed by atoms with Crippen LogP contribution in [-0.4, -0.2) is 32.8 Å². The number of fused-ring (bicyclic) bond motifs is 1. The molecule has 0 fully saturated rings. The van der Waals surface area contributed by atoms with Gasteiger partial charge in [0, 0.05) is 20.3 Å². The summed E-state index contributed by atoms with van der Waals surface area (Å²) in [7, 11) is 1.69. The number of benzene rings is 1. The van der Waals surface area contributed by atoms with Gasteiger partial charge in [-0.15, -0.1) is 0 Å². The molecule has 0 aromatic heterocycles.